The number of nitrogens with zero attached hydrogens (tertiary/aromatic N) is 1. The Morgan fingerprint density at radius 3 is 2.74 bits per heavy atom. The van der Waals surface area contributed by atoms with E-state index in [1.54, 1.807) is 0 Å². The van der Waals surface area contributed by atoms with Gasteiger partial charge in [0, 0.05) is 12.2 Å². The van der Waals surface area contributed by atoms with Gasteiger partial charge in [-0.25, -0.2) is 0 Å². The Balaban J connectivity index is 2.50. The Hall–Kier alpha value is -1.58. The van der Waals surface area contributed by atoms with Crippen molar-refractivity contribution in [2.75, 3.05) is 0 Å². The first-order valence-electron chi connectivity index (χ1n) is 7.10. The highest BCUT2D eigenvalue weighted by Gasteiger charge is 2.18. The molecule has 19 heavy (non-hydrogen) atoms. The first-order chi connectivity index (χ1) is 9.00. The molecule has 0 aromatic carbocycles. The summed E-state index contributed by atoms with van der Waals surface area (Å²) < 4.78 is 1.87. The zero-order valence-corrected chi connectivity index (χ0v) is 11.8. The summed E-state index contributed by atoms with van der Waals surface area (Å²) in [5.41, 5.74) is 8.20. The number of aryl methyl sites for hydroxylation is 1. The van der Waals surface area contributed by atoms with Gasteiger partial charge in [-0.2, -0.15) is 0 Å². The van der Waals surface area contributed by atoms with E-state index in [0.29, 0.717) is 11.5 Å². The van der Waals surface area contributed by atoms with Crippen LogP contribution in [-0.2, 0) is 19.4 Å². The van der Waals surface area contributed by atoms with Crippen LogP contribution in [0.5, 0.6) is 0 Å². The zero-order chi connectivity index (χ0) is 14.0. The van der Waals surface area contributed by atoms with Crippen molar-refractivity contribution in [2.45, 2.75) is 52.5 Å². The van der Waals surface area contributed by atoms with E-state index in [2.05, 4.69) is 13.8 Å². The Morgan fingerprint density at radius 1 is 1.42 bits per heavy atom. The van der Waals surface area contributed by atoms with Gasteiger partial charge >= 0.3 is 0 Å². The van der Waals surface area contributed by atoms with Gasteiger partial charge in [0.1, 0.15) is 5.84 Å². The Bertz CT molecular complexity index is 543. The number of nitrogen functional groups attached to an aromatic ring is 1. The number of pyridine rings is 1. The lowest BCUT2D eigenvalue weighted by Crippen LogP contribution is -2.34. The minimum Gasteiger partial charge on any atom is -0.384 e. The second-order valence-electron chi connectivity index (χ2n) is 5.79. The zero-order valence-electron chi connectivity index (χ0n) is 11.8. The van der Waals surface area contributed by atoms with Crippen molar-refractivity contribution in [2.24, 2.45) is 11.7 Å². The molecule has 0 atom stereocenters. The van der Waals surface area contributed by atoms with E-state index in [1.807, 2.05) is 10.6 Å². The Labute approximate surface area is 114 Å². The van der Waals surface area contributed by atoms with E-state index in [1.165, 1.54) is 11.3 Å². The summed E-state index contributed by atoms with van der Waals surface area (Å²) in [7, 11) is 0. The molecule has 0 amide bonds. The molecule has 1 aliphatic carbocycles. The minimum absolute atomic E-state index is 0.0891. The monoisotopic (exact) mass is 261 g/mol. The summed E-state index contributed by atoms with van der Waals surface area (Å²) in [5, 5.41) is 7.57. The third-order valence-electron chi connectivity index (χ3n) is 3.82. The minimum atomic E-state index is -0.114. The maximum absolute atomic E-state index is 12.4. The fourth-order valence-corrected chi connectivity index (χ4v) is 2.70. The van der Waals surface area contributed by atoms with Gasteiger partial charge in [0.2, 0.25) is 0 Å². The third-order valence-corrected chi connectivity index (χ3v) is 3.82. The number of hydrogen-bond donors (Lipinski definition) is 2. The van der Waals surface area contributed by atoms with Gasteiger partial charge in [-0.15, -0.1) is 0 Å². The molecule has 0 saturated heterocycles. The van der Waals surface area contributed by atoms with Crippen molar-refractivity contribution in [3.05, 3.63) is 33.2 Å². The molecule has 0 bridgehead atoms. The van der Waals surface area contributed by atoms with Crippen molar-refractivity contribution in [3.63, 3.8) is 0 Å². The van der Waals surface area contributed by atoms with E-state index in [4.69, 9.17) is 11.1 Å². The van der Waals surface area contributed by atoms with Crippen molar-refractivity contribution >= 4 is 5.84 Å². The summed E-state index contributed by atoms with van der Waals surface area (Å²) in [6.07, 6.45) is 5.26. The quantitative estimate of drug-likeness (QED) is 0.643. The first kappa shape index (κ1) is 13.8. The maximum atomic E-state index is 12.4. The molecule has 4 heteroatoms. The number of rotatable bonds is 4. The lowest BCUT2D eigenvalue weighted by Gasteiger charge is -2.22. The predicted octanol–water partition coefficient (Wildman–Crippen LogP) is 2.06. The van der Waals surface area contributed by atoms with Crippen LogP contribution >= 0.6 is 0 Å². The second-order valence-corrected chi connectivity index (χ2v) is 5.79. The number of amidine groups is 1. The fraction of sp³-hybridized carbons (Fsp3) is 0.600. The number of aromatic nitrogens is 1. The molecular formula is C15H23N3O. The second kappa shape index (κ2) is 5.59. The highest BCUT2D eigenvalue weighted by molar-refractivity contribution is 5.94. The van der Waals surface area contributed by atoms with Crippen molar-refractivity contribution in [3.8, 4) is 0 Å². The molecule has 1 heterocycles. The first-order valence-corrected chi connectivity index (χ1v) is 7.10. The van der Waals surface area contributed by atoms with Crippen LogP contribution in [-0.4, -0.2) is 10.4 Å². The maximum Gasteiger partial charge on any atom is 0.261 e. The molecule has 3 N–H and O–H groups in total. The molecule has 4 nitrogen and oxygen atoms in total. The molecule has 1 aromatic heterocycles. The summed E-state index contributed by atoms with van der Waals surface area (Å²) in [5.74, 6) is 0.448. The number of hydrogen-bond acceptors (Lipinski definition) is 2. The summed E-state index contributed by atoms with van der Waals surface area (Å²) in [4.78, 5) is 12.4. The van der Waals surface area contributed by atoms with E-state index in [9.17, 15) is 4.79 Å². The van der Waals surface area contributed by atoms with Gasteiger partial charge in [0.05, 0.1) is 5.56 Å². The highest BCUT2D eigenvalue weighted by atomic mass is 16.1. The van der Waals surface area contributed by atoms with Crippen molar-refractivity contribution < 1.29 is 0 Å². The molecule has 2 rings (SSSR count). The van der Waals surface area contributed by atoms with Gasteiger partial charge in [0.15, 0.2) is 0 Å². The van der Waals surface area contributed by atoms with Crippen molar-refractivity contribution in [1.82, 2.24) is 4.57 Å². The van der Waals surface area contributed by atoms with Crippen LogP contribution in [0.25, 0.3) is 0 Å². The van der Waals surface area contributed by atoms with E-state index < -0.39 is 0 Å². The molecule has 0 aliphatic heterocycles. The molecule has 0 unspecified atom stereocenters. The van der Waals surface area contributed by atoms with Crippen molar-refractivity contribution in [1.29, 1.82) is 5.41 Å². The summed E-state index contributed by atoms with van der Waals surface area (Å²) >= 11 is 0. The number of nitrogens with two attached hydrogens (primary N) is 1. The lowest BCUT2D eigenvalue weighted by atomic mass is 9.94. The highest BCUT2D eigenvalue weighted by Crippen LogP contribution is 2.21. The predicted molar refractivity (Wildman–Crippen MR) is 77.8 cm³/mol. The van der Waals surface area contributed by atoms with E-state index in [-0.39, 0.29) is 11.4 Å². The molecule has 1 aliphatic rings. The SMILES string of the molecule is CC(C)CCn1c2c(cc(C(=N)N)c1=O)CCCC2. The Morgan fingerprint density at radius 2 is 2.11 bits per heavy atom. The van der Waals surface area contributed by atoms with Gasteiger partial charge in [-0.05, 0) is 49.7 Å². The molecule has 0 saturated carbocycles. The number of nitrogens with one attached hydrogen (secondary N) is 1. The molecule has 104 valence electrons. The average molecular weight is 261 g/mol. The topological polar surface area (TPSA) is 71.9 Å². The van der Waals surface area contributed by atoms with Gasteiger partial charge in [-0.3, -0.25) is 10.2 Å². The van der Waals surface area contributed by atoms with Gasteiger partial charge in [-0.1, -0.05) is 13.8 Å². The van der Waals surface area contributed by atoms with Crippen LogP contribution in [0, 0.1) is 11.3 Å². The average Bonchev–Trinajstić information content (AvgIpc) is 2.36. The summed E-state index contributed by atoms with van der Waals surface area (Å²) in [6.45, 7) is 5.05. The smallest absolute Gasteiger partial charge is 0.261 e. The molecule has 0 fully saturated rings. The molecule has 1 aromatic rings. The van der Waals surface area contributed by atoms with Gasteiger partial charge in [0.25, 0.3) is 5.56 Å². The van der Waals surface area contributed by atoms with Gasteiger partial charge < -0.3 is 10.3 Å². The molecular weight excluding hydrogens is 238 g/mol. The lowest BCUT2D eigenvalue weighted by molar-refractivity contribution is 0.484. The largest absolute Gasteiger partial charge is 0.384 e. The fourth-order valence-electron chi connectivity index (χ4n) is 2.70. The summed E-state index contributed by atoms with van der Waals surface area (Å²) in [6, 6.07) is 1.84. The van der Waals surface area contributed by atoms with Crippen LogP contribution in [0.15, 0.2) is 10.9 Å². The molecule has 0 spiro atoms. The van der Waals surface area contributed by atoms with Crippen LogP contribution in [0.3, 0.4) is 0 Å². The van der Waals surface area contributed by atoms with E-state index >= 15 is 0 Å². The third kappa shape index (κ3) is 2.88. The van der Waals surface area contributed by atoms with Crippen LogP contribution in [0.1, 0.15) is 49.9 Å². The standard InChI is InChI=1S/C15H23N3O/c1-10(2)7-8-18-13-6-4-3-5-11(13)9-12(14(16)17)15(18)19/h9-10H,3-8H2,1-2H3,(H3,16,17). The molecule has 0 radical (unpaired) electrons. The Kier molecular flexibility index (Phi) is 4.08. The normalized spacial score (nSPS) is 14.5. The van der Waals surface area contributed by atoms with Crippen LogP contribution in [0.4, 0.5) is 0 Å². The van der Waals surface area contributed by atoms with E-state index in [0.717, 1.165) is 38.6 Å². The number of fused-ring (bicyclic) bond motifs is 1. The van der Waals surface area contributed by atoms with Crippen LogP contribution in [0.2, 0.25) is 0 Å². The van der Waals surface area contributed by atoms with Crippen LogP contribution < -0.4 is 11.3 Å².